The molecule has 1 unspecified atom stereocenters. The molecule has 3 heterocycles. The maximum Gasteiger partial charge on any atom is 0.410 e. The van der Waals surface area contributed by atoms with Crippen molar-refractivity contribution in [2.24, 2.45) is 0 Å². The number of aromatic nitrogens is 2. The van der Waals surface area contributed by atoms with Gasteiger partial charge in [0.25, 0.3) is 0 Å². The lowest BCUT2D eigenvalue weighted by Gasteiger charge is -2.25. The lowest BCUT2D eigenvalue weighted by Crippen LogP contribution is -2.35. The molecule has 1 spiro atoms. The lowest BCUT2D eigenvalue weighted by atomic mass is 9.95. The van der Waals surface area contributed by atoms with Gasteiger partial charge in [-0.25, -0.2) is 9.48 Å². The van der Waals surface area contributed by atoms with Crippen molar-refractivity contribution in [1.29, 1.82) is 0 Å². The molecule has 132 valence electrons. The Kier molecular flexibility index (Phi) is 4.21. The number of rotatable bonds is 3. The van der Waals surface area contributed by atoms with Crippen LogP contribution in [0.15, 0.2) is 42.7 Å². The maximum absolute atomic E-state index is 11.7. The molecule has 1 aromatic carbocycles. The number of benzene rings is 1. The fraction of sp³-hybridized carbons (Fsp3) is 0.474. The van der Waals surface area contributed by atoms with Crippen molar-refractivity contribution in [3.63, 3.8) is 0 Å². The minimum absolute atomic E-state index is 0.178. The van der Waals surface area contributed by atoms with Crippen LogP contribution in [0.2, 0.25) is 0 Å². The summed E-state index contributed by atoms with van der Waals surface area (Å²) in [4.78, 5) is 15.9. The summed E-state index contributed by atoms with van der Waals surface area (Å²) in [6.45, 7) is 3.66. The number of likely N-dealkylation sites (N-methyl/N-ethyl adjacent to an activating group) is 1. The molecule has 2 aromatic rings. The number of likely N-dealkylation sites (tertiary alicyclic amines) is 1. The second-order valence-electron chi connectivity index (χ2n) is 7.15. The van der Waals surface area contributed by atoms with Crippen LogP contribution in [0.3, 0.4) is 0 Å². The van der Waals surface area contributed by atoms with Crippen LogP contribution in [0.25, 0.3) is 5.69 Å². The number of hydrogen-bond donors (Lipinski definition) is 0. The summed E-state index contributed by atoms with van der Waals surface area (Å²) in [5.74, 6) is 0. The summed E-state index contributed by atoms with van der Waals surface area (Å²) in [6, 6.07) is 10.5. The van der Waals surface area contributed by atoms with Crippen molar-refractivity contribution in [3.8, 4) is 5.69 Å². The van der Waals surface area contributed by atoms with E-state index in [-0.39, 0.29) is 11.7 Å². The first-order valence-corrected chi connectivity index (χ1v) is 8.89. The van der Waals surface area contributed by atoms with Crippen LogP contribution in [-0.2, 0) is 11.3 Å². The highest BCUT2D eigenvalue weighted by molar-refractivity contribution is 5.70. The molecule has 4 rings (SSSR count). The van der Waals surface area contributed by atoms with E-state index in [9.17, 15) is 4.79 Å². The fourth-order valence-electron chi connectivity index (χ4n) is 3.87. The molecule has 2 aliphatic heterocycles. The van der Waals surface area contributed by atoms with Gasteiger partial charge in [-0.3, -0.25) is 4.90 Å². The molecular weight excluding hydrogens is 316 g/mol. The summed E-state index contributed by atoms with van der Waals surface area (Å²) in [7, 11) is 1.82. The van der Waals surface area contributed by atoms with E-state index in [0.29, 0.717) is 0 Å². The molecule has 2 fully saturated rings. The van der Waals surface area contributed by atoms with Gasteiger partial charge in [-0.15, -0.1) is 0 Å². The summed E-state index contributed by atoms with van der Waals surface area (Å²) >= 11 is 0. The van der Waals surface area contributed by atoms with Crippen LogP contribution in [0, 0.1) is 0 Å². The topological polar surface area (TPSA) is 50.6 Å². The first-order valence-electron chi connectivity index (χ1n) is 8.89. The van der Waals surface area contributed by atoms with E-state index in [1.54, 1.807) is 11.1 Å². The zero-order chi connectivity index (χ0) is 17.3. The second kappa shape index (κ2) is 6.52. The van der Waals surface area contributed by atoms with E-state index < -0.39 is 0 Å². The van der Waals surface area contributed by atoms with Gasteiger partial charge in [-0.1, -0.05) is 12.1 Å². The lowest BCUT2D eigenvalue weighted by molar-refractivity contribution is 0.0443. The molecule has 2 aliphatic rings. The van der Waals surface area contributed by atoms with Crippen LogP contribution >= 0.6 is 0 Å². The van der Waals surface area contributed by atoms with Crippen LogP contribution in [0.1, 0.15) is 24.8 Å². The first kappa shape index (κ1) is 16.1. The largest absolute Gasteiger partial charge is 0.441 e. The highest BCUT2D eigenvalue weighted by atomic mass is 16.6. The van der Waals surface area contributed by atoms with Gasteiger partial charge in [0, 0.05) is 39.0 Å². The third-order valence-electron chi connectivity index (χ3n) is 5.24. The Hall–Kier alpha value is -2.34. The van der Waals surface area contributed by atoms with Gasteiger partial charge in [0.2, 0.25) is 0 Å². The third-order valence-corrected chi connectivity index (χ3v) is 5.24. The van der Waals surface area contributed by atoms with Gasteiger partial charge < -0.3 is 9.64 Å². The highest BCUT2D eigenvalue weighted by Gasteiger charge is 2.44. The summed E-state index contributed by atoms with van der Waals surface area (Å²) in [5, 5.41) is 4.26. The van der Waals surface area contributed by atoms with Crippen molar-refractivity contribution in [2.45, 2.75) is 31.4 Å². The second-order valence-corrected chi connectivity index (χ2v) is 7.15. The van der Waals surface area contributed by atoms with E-state index in [4.69, 9.17) is 4.74 Å². The molecule has 25 heavy (non-hydrogen) atoms. The summed E-state index contributed by atoms with van der Waals surface area (Å²) in [5.41, 5.74) is 2.10. The number of ether oxygens (including phenoxy) is 1. The van der Waals surface area contributed by atoms with Crippen molar-refractivity contribution in [2.75, 3.05) is 26.7 Å². The Morgan fingerprint density at radius 3 is 2.72 bits per heavy atom. The predicted molar refractivity (Wildman–Crippen MR) is 94.5 cm³/mol. The normalized spacial score (nSPS) is 24.5. The SMILES string of the molecule is CN1CC2(CCCN(Cc3ccc(-n4cccn4)cc3)CC2)OC1=O. The molecule has 0 bridgehead atoms. The quantitative estimate of drug-likeness (QED) is 0.862. The van der Waals surface area contributed by atoms with Crippen LogP contribution in [0.4, 0.5) is 4.79 Å². The van der Waals surface area contributed by atoms with Crippen molar-refractivity contribution in [1.82, 2.24) is 19.6 Å². The van der Waals surface area contributed by atoms with Crippen LogP contribution < -0.4 is 0 Å². The zero-order valence-electron chi connectivity index (χ0n) is 14.6. The molecule has 6 heteroatoms. The monoisotopic (exact) mass is 340 g/mol. The fourth-order valence-corrected chi connectivity index (χ4v) is 3.87. The van der Waals surface area contributed by atoms with E-state index in [2.05, 4.69) is 34.3 Å². The standard InChI is InChI=1S/C19H24N4O2/c1-21-15-19(25-18(21)24)8-2-11-22(13-9-19)14-16-4-6-17(7-5-16)23-12-3-10-20-23/h3-7,10,12H,2,8-9,11,13-15H2,1H3. The van der Waals surface area contributed by atoms with Crippen LogP contribution in [-0.4, -0.2) is 58.0 Å². The van der Waals surface area contributed by atoms with Gasteiger partial charge in [-0.05, 0) is 43.1 Å². The Balaban J connectivity index is 1.38. The van der Waals surface area contributed by atoms with Gasteiger partial charge in [0.1, 0.15) is 5.60 Å². The van der Waals surface area contributed by atoms with Gasteiger partial charge in [-0.2, -0.15) is 5.10 Å². The Morgan fingerprint density at radius 2 is 2.04 bits per heavy atom. The van der Waals surface area contributed by atoms with Crippen molar-refractivity contribution >= 4 is 6.09 Å². The summed E-state index contributed by atoms with van der Waals surface area (Å²) < 4.78 is 7.55. The molecule has 1 amide bonds. The molecule has 1 aromatic heterocycles. The van der Waals surface area contributed by atoms with E-state index in [1.165, 1.54) is 5.56 Å². The number of carbonyl (C=O) groups excluding carboxylic acids is 1. The number of hydrogen-bond acceptors (Lipinski definition) is 4. The predicted octanol–water partition coefficient (Wildman–Crippen LogP) is 2.68. The van der Waals surface area contributed by atoms with Crippen molar-refractivity contribution in [3.05, 3.63) is 48.3 Å². The molecular formula is C19H24N4O2. The molecule has 6 nitrogen and oxygen atoms in total. The van der Waals surface area contributed by atoms with Gasteiger partial charge >= 0.3 is 6.09 Å². The molecule has 1 atom stereocenters. The minimum Gasteiger partial charge on any atom is -0.441 e. The molecule has 0 aliphatic carbocycles. The first-order chi connectivity index (χ1) is 12.1. The van der Waals surface area contributed by atoms with E-state index >= 15 is 0 Å². The van der Waals surface area contributed by atoms with E-state index in [0.717, 1.165) is 51.1 Å². The number of nitrogens with zero attached hydrogens (tertiary/aromatic N) is 4. The Morgan fingerprint density at radius 1 is 1.20 bits per heavy atom. The summed E-state index contributed by atoms with van der Waals surface area (Å²) in [6.07, 6.45) is 6.48. The zero-order valence-corrected chi connectivity index (χ0v) is 14.6. The van der Waals surface area contributed by atoms with E-state index in [1.807, 2.05) is 24.0 Å². The van der Waals surface area contributed by atoms with Gasteiger partial charge in [0.05, 0.1) is 12.2 Å². The average molecular weight is 340 g/mol. The molecule has 0 N–H and O–H groups in total. The molecule has 0 saturated carbocycles. The van der Waals surface area contributed by atoms with Crippen molar-refractivity contribution < 1.29 is 9.53 Å². The number of amides is 1. The minimum atomic E-state index is -0.273. The Labute approximate surface area is 148 Å². The molecule has 0 radical (unpaired) electrons. The third kappa shape index (κ3) is 3.39. The Bertz CT molecular complexity index is 728. The smallest absolute Gasteiger partial charge is 0.410 e. The van der Waals surface area contributed by atoms with Crippen LogP contribution in [0.5, 0.6) is 0 Å². The van der Waals surface area contributed by atoms with Gasteiger partial charge in [0.15, 0.2) is 0 Å². The highest BCUT2D eigenvalue weighted by Crippen LogP contribution is 2.32. The molecule has 2 saturated heterocycles. The maximum atomic E-state index is 11.7. The average Bonchev–Trinajstić information content (AvgIpc) is 3.18. The number of carbonyl (C=O) groups is 1.